The van der Waals surface area contributed by atoms with Gasteiger partial charge in [0.25, 0.3) is 0 Å². The Morgan fingerprint density at radius 2 is 1.77 bits per heavy atom. The highest BCUT2D eigenvalue weighted by Gasteiger charge is 2.14. The van der Waals surface area contributed by atoms with Gasteiger partial charge in [-0.25, -0.2) is 8.78 Å². The summed E-state index contributed by atoms with van der Waals surface area (Å²) in [5.74, 6) is -2.23. The van der Waals surface area contributed by atoms with E-state index in [4.69, 9.17) is 0 Å². The maximum absolute atomic E-state index is 12.8. The minimum absolute atomic E-state index is 0. The quantitative estimate of drug-likeness (QED) is 0.582. The monoisotopic (exact) mass is 250 g/mol. The van der Waals surface area contributed by atoms with Gasteiger partial charge in [-0.2, -0.15) is 0 Å². The minimum atomic E-state index is -0.820. The van der Waals surface area contributed by atoms with E-state index in [0.717, 1.165) is 12.1 Å². The normalized spacial score (nSPS) is 9.15. The molecule has 0 amide bonds. The van der Waals surface area contributed by atoms with Crippen LogP contribution in [0.15, 0.2) is 18.2 Å². The summed E-state index contributed by atoms with van der Waals surface area (Å²) >= 11 is 2.84. The fraction of sp³-hybridized carbons (Fsp3) is 0.222. The van der Waals surface area contributed by atoms with Gasteiger partial charge in [-0.15, -0.1) is 0 Å². The van der Waals surface area contributed by atoms with Crippen LogP contribution in [0.25, 0.3) is 0 Å². The molecule has 13 heavy (non-hydrogen) atoms. The summed E-state index contributed by atoms with van der Waals surface area (Å²) in [4.78, 5) is 10.9. The highest BCUT2D eigenvalue weighted by molar-refractivity contribution is 9.09. The molecule has 0 atom stereocenters. The van der Waals surface area contributed by atoms with Crippen molar-refractivity contribution in [2.24, 2.45) is 0 Å². The summed E-state index contributed by atoms with van der Waals surface area (Å²) in [5, 5.41) is -0.0785. The summed E-state index contributed by atoms with van der Waals surface area (Å²) in [7, 11) is 0. The fourth-order valence-electron chi connectivity index (χ4n) is 0.831. The van der Waals surface area contributed by atoms with Gasteiger partial charge in [-0.3, -0.25) is 4.79 Å². The first-order chi connectivity index (χ1) is 5.66. The third-order valence-corrected chi connectivity index (χ3v) is 1.87. The number of halogens is 3. The van der Waals surface area contributed by atoms with Gasteiger partial charge in [0.1, 0.15) is 11.6 Å². The molecule has 1 rings (SSSR count). The van der Waals surface area contributed by atoms with Crippen molar-refractivity contribution >= 4 is 21.7 Å². The third kappa shape index (κ3) is 2.59. The Kier molecular flexibility index (Phi) is 4.77. The maximum atomic E-state index is 12.8. The first kappa shape index (κ1) is 12.2. The number of Topliss-reactive ketones (excluding diaryl/α,β-unsaturated/α-hetero) is 1. The number of hydrogen-bond acceptors (Lipinski definition) is 1. The van der Waals surface area contributed by atoms with Crippen LogP contribution in [0.2, 0.25) is 0 Å². The topological polar surface area (TPSA) is 17.1 Å². The van der Waals surface area contributed by atoms with Crippen molar-refractivity contribution in [3.63, 3.8) is 0 Å². The molecule has 0 saturated heterocycles. The first-order valence-electron chi connectivity index (χ1n) is 3.20. The van der Waals surface area contributed by atoms with Gasteiger partial charge in [-0.05, 0) is 12.1 Å². The predicted molar refractivity (Wildman–Crippen MR) is 51.2 cm³/mol. The van der Waals surface area contributed by atoms with Crippen molar-refractivity contribution in [3.05, 3.63) is 35.4 Å². The SMILES string of the molecule is C.O=C(CBr)c1c(F)cccc1F. The molecule has 0 heterocycles. The molecule has 0 aromatic heterocycles. The Balaban J connectivity index is 0.00000144. The third-order valence-electron chi connectivity index (χ3n) is 1.36. The molecule has 0 aliphatic carbocycles. The largest absolute Gasteiger partial charge is 0.293 e. The van der Waals surface area contributed by atoms with Crippen LogP contribution < -0.4 is 0 Å². The van der Waals surface area contributed by atoms with Crippen LogP contribution >= 0.6 is 15.9 Å². The average molecular weight is 251 g/mol. The second-order valence-corrected chi connectivity index (χ2v) is 2.71. The molecular weight excluding hydrogens is 242 g/mol. The Hall–Kier alpha value is -0.770. The Morgan fingerprint density at radius 1 is 1.31 bits per heavy atom. The van der Waals surface area contributed by atoms with Crippen LogP contribution in [0.1, 0.15) is 17.8 Å². The molecule has 0 aliphatic heterocycles. The van der Waals surface area contributed by atoms with E-state index in [-0.39, 0.29) is 12.8 Å². The number of alkyl halides is 1. The van der Waals surface area contributed by atoms with E-state index >= 15 is 0 Å². The maximum Gasteiger partial charge on any atom is 0.179 e. The predicted octanol–water partition coefficient (Wildman–Crippen LogP) is 3.18. The zero-order chi connectivity index (χ0) is 9.14. The molecule has 0 bridgehead atoms. The van der Waals surface area contributed by atoms with Gasteiger partial charge in [-0.1, -0.05) is 29.4 Å². The van der Waals surface area contributed by atoms with E-state index < -0.39 is 23.0 Å². The lowest BCUT2D eigenvalue weighted by Crippen LogP contribution is -2.06. The van der Waals surface area contributed by atoms with Crippen LogP contribution in [0.3, 0.4) is 0 Å². The number of benzene rings is 1. The van der Waals surface area contributed by atoms with Crippen LogP contribution in [0.4, 0.5) is 8.78 Å². The summed E-state index contributed by atoms with van der Waals surface area (Å²) in [6.45, 7) is 0. The Morgan fingerprint density at radius 3 is 2.15 bits per heavy atom. The first-order valence-corrected chi connectivity index (χ1v) is 4.32. The second kappa shape index (κ2) is 5.07. The molecule has 0 aliphatic rings. The van der Waals surface area contributed by atoms with Gasteiger partial charge in [0.15, 0.2) is 5.78 Å². The number of rotatable bonds is 2. The van der Waals surface area contributed by atoms with E-state index in [1.54, 1.807) is 0 Å². The Labute approximate surface area is 83.9 Å². The van der Waals surface area contributed by atoms with Crippen molar-refractivity contribution < 1.29 is 13.6 Å². The molecule has 0 N–H and O–H groups in total. The molecule has 0 unspecified atom stereocenters. The average Bonchev–Trinajstić information content (AvgIpc) is 2.03. The lowest BCUT2D eigenvalue weighted by molar-refractivity contribution is 0.101. The van der Waals surface area contributed by atoms with Gasteiger partial charge < -0.3 is 0 Å². The molecule has 1 aromatic rings. The molecule has 1 aromatic carbocycles. The van der Waals surface area contributed by atoms with Gasteiger partial charge in [0, 0.05) is 0 Å². The summed E-state index contributed by atoms with van der Waals surface area (Å²) in [5.41, 5.74) is -0.477. The number of carbonyl (C=O) groups excluding carboxylic acids is 1. The lowest BCUT2D eigenvalue weighted by Gasteiger charge is -1.99. The molecule has 0 saturated carbocycles. The van der Waals surface area contributed by atoms with Crippen molar-refractivity contribution in [2.75, 3.05) is 5.33 Å². The van der Waals surface area contributed by atoms with Gasteiger partial charge >= 0.3 is 0 Å². The number of hydrogen-bond donors (Lipinski definition) is 0. The van der Waals surface area contributed by atoms with Crippen LogP contribution in [0, 0.1) is 11.6 Å². The molecule has 72 valence electrons. The lowest BCUT2D eigenvalue weighted by atomic mass is 10.1. The van der Waals surface area contributed by atoms with E-state index in [9.17, 15) is 13.6 Å². The highest BCUT2D eigenvalue weighted by Crippen LogP contribution is 2.13. The standard InChI is InChI=1S/C8H5BrF2O.CH4/c9-4-7(12)8-5(10)2-1-3-6(8)11;/h1-3H,4H2;1H4. The van der Waals surface area contributed by atoms with E-state index in [1.807, 2.05) is 0 Å². The smallest absolute Gasteiger partial charge is 0.179 e. The molecule has 0 fully saturated rings. The molecule has 4 heteroatoms. The number of ketones is 1. The fourth-order valence-corrected chi connectivity index (χ4v) is 1.11. The minimum Gasteiger partial charge on any atom is -0.293 e. The van der Waals surface area contributed by atoms with Crippen LogP contribution in [-0.2, 0) is 0 Å². The van der Waals surface area contributed by atoms with Crippen molar-refractivity contribution in [2.45, 2.75) is 7.43 Å². The zero-order valence-electron chi connectivity index (χ0n) is 5.98. The zero-order valence-corrected chi connectivity index (χ0v) is 7.57. The van der Waals surface area contributed by atoms with E-state index in [1.165, 1.54) is 6.07 Å². The second-order valence-electron chi connectivity index (χ2n) is 2.15. The van der Waals surface area contributed by atoms with Crippen LogP contribution in [-0.4, -0.2) is 11.1 Å². The van der Waals surface area contributed by atoms with Crippen molar-refractivity contribution in [3.8, 4) is 0 Å². The molecular formula is C9H9BrF2O. The summed E-state index contributed by atoms with van der Waals surface area (Å²) in [6.07, 6.45) is 0. The van der Waals surface area contributed by atoms with Crippen LogP contribution in [0.5, 0.6) is 0 Å². The number of carbonyl (C=O) groups is 1. The van der Waals surface area contributed by atoms with E-state index in [0.29, 0.717) is 0 Å². The van der Waals surface area contributed by atoms with Crippen molar-refractivity contribution in [1.29, 1.82) is 0 Å². The molecule has 1 nitrogen and oxygen atoms in total. The van der Waals surface area contributed by atoms with Crippen molar-refractivity contribution in [1.82, 2.24) is 0 Å². The summed E-state index contributed by atoms with van der Waals surface area (Å²) < 4.78 is 25.6. The summed E-state index contributed by atoms with van der Waals surface area (Å²) in [6, 6.07) is 3.33. The van der Waals surface area contributed by atoms with Gasteiger partial charge in [0.2, 0.25) is 0 Å². The molecule has 0 spiro atoms. The van der Waals surface area contributed by atoms with Gasteiger partial charge in [0.05, 0.1) is 10.9 Å². The highest BCUT2D eigenvalue weighted by atomic mass is 79.9. The van der Waals surface area contributed by atoms with E-state index in [2.05, 4.69) is 15.9 Å². The molecule has 0 radical (unpaired) electrons. The Bertz CT molecular complexity index is 292.